The van der Waals surface area contributed by atoms with E-state index in [4.69, 9.17) is 0 Å². The van der Waals surface area contributed by atoms with E-state index in [0.717, 1.165) is 19.5 Å². The second-order valence-corrected chi connectivity index (χ2v) is 5.97. The Morgan fingerprint density at radius 1 is 1.15 bits per heavy atom. The van der Waals surface area contributed by atoms with Crippen molar-refractivity contribution in [2.75, 3.05) is 25.0 Å². The Kier molecular flexibility index (Phi) is 5.46. The summed E-state index contributed by atoms with van der Waals surface area (Å²) in [4.78, 5) is 4.03. The minimum Gasteiger partial charge on any atom is -0.340 e. The van der Waals surface area contributed by atoms with Crippen LogP contribution < -0.4 is 10.2 Å². The molecule has 4 heteroatoms. The lowest BCUT2D eigenvalue weighted by atomic mass is 10.1. The Morgan fingerprint density at radius 2 is 2.00 bits per heavy atom. The molecule has 1 aromatic carbocycles. The third-order valence-electron chi connectivity index (χ3n) is 3.73. The number of thiophene rings is 1. The molecule has 20 heavy (non-hydrogen) atoms. The van der Waals surface area contributed by atoms with E-state index < -0.39 is 0 Å². The van der Waals surface area contributed by atoms with Crippen molar-refractivity contribution in [3.8, 4) is 0 Å². The summed E-state index contributed by atoms with van der Waals surface area (Å²) in [5.74, 6) is 0. The highest BCUT2D eigenvalue weighted by Gasteiger charge is 2.20. The monoisotopic (exact) mass is 308 g/mol. The second kappa shape index (κ2) is 7.11. The Labute approximate surface area is 131 Å². The molecular weight excluding hydrogens is 288 g/mol. The number of nitrogens with one attached hydrogen (secondary N) is 1. The highest BCUT2D eigenvalue weighted by atomic mass is 35.5. The molecular formula is C16H21ClN2S. The van der Waals surface area contributed by atoms with Crippen LogP contribution >= 0.6 is 23.7 Å². The van der Waals surface area contributed by atoms with Gasteiger partial charge in [-0.3, -0.25) is 0 Å². The minimum atomic E-state index is 0. The molecule has 0 atom stereocenters. The molecule has 3 rings (SSSR count). The van der Waals surface area contributed by atoms with Crippen molar-refractivity contribution in [3.63, 3.8) is 0 Å². The van der Waals surface area contributed by atoms with Crippen LogP contribution in [0.25, 0.3) is 0 Å². The van der Waals surface area contributed by atoms with E-state index in [1.807, 2.05) is 18.4 Å². The summed E-state index contributed by atoms with van der Waals surface area (Å²) in [6.45, 7) is 2.15. The highest BCUT2D eigenvalue weighted by Crippen LogP contribution is 2.38. The molecule has 0 spiro atoms. The Morgan fingerprint density at radius 3 is 2.85 bits per heavy atom. The second-order valence-electron chi connectivity index (χ2n) is 4.97. The van der Waals surface area contributed by atoms with Crippen molar-refractivity contribution in [3.05, 3.63) is 46.2 Å². The number of nitrogens with zero attached hydrogens (tertiary/aromatic N) is 1. The van der Waals surface area contributed by atoms with E-state index in [9.17, 15) is 0 Å². The van der Waals surface area contributed by atoms with Gasteiger partial charge in [0.2, 0.25) is 0 Å². The summed E-state index contributed by atoms with van der Waals surface area (Å²) in [5, 5.41) is 5.47. The van der Waals surface area contributed by atoms with Crippen LogP contribution in [-0.2, 0) is 12.8 Å². The van der Waals surface area contributed by atoms with Crippen LogP contribution in [0.1, 0.15) is 16.9 Å². The average Bonchev–Trinajstić information content (AvgIpc) is 2.85. The molecule has 0 radical (unpaired) electrons. The molecule has 0 unspecified atom stereocenters. The summed E-state index contributed by atoms with van der Waals surface area (Å²) < 4.78 is 0. The first-order valence-electron chi connectivity index (χ1n) is 6.96. The molecule has 1 aliphatic rings. The van der Waals surface area contributed by atoms with Gasteiger partial charge in [-0.2, -0.15) is 0 Å². The molecule has 2 aromatic rings. The van der Waals surface area contributed by atoms with E-state index in [0.29, 0.717) is 0 Å². The smallest absolute Gasteiger partial charge is 0.0552 e. The Balaban J connectivity index is 0.00000147. The van der Waals surface area contributed by atoms with Gasteiger partial charge in [0.15, 0.2) is 0 Å². The largest absolute Gasteiger partial charge is 0.340 e. The predicted octanol–water partition coefficient (Wildman–Crippen LogP) is 4.02. The van der Waals surface area contributed by atoms with Gasteiger partial charge in [0, 0.05) is 17.1 Å². The molecule has 0 aliphatic carbocycles. The summed E-state index contributed by atoms with van der Waals surface area (Å²) in [7, 11) is 2.02. The Hall–Kier alpha value is -1.03. The molecule has 0 amide bonds. The van der Waals surface area contributed by atoms with E-state index >= 15 is 0 Å². The summed E-state index contributed by atoms with van der Waals surface area (Å²) in [6, 6.07) is 11.1. The molecule has 0 fully saturated rings. The van der Waals surface area contributed by atoms with Gasteiger partial charge in [0.05, 0.1) is 5.69 Å². The first-order chi connectivity index (χ1) is 9.40. The standard InChI is InChI=1S/C16H20N2S.ClH/c1-17-10-4-11-18-14-6-3-2-5-13(14)7-8-16-15(18)9-12-19-16;/h2-3,5-6,9,12,17H,4,7-8,10-11H2,1H3;1H. The molecule has 0 saturated carbocycles. The van der Waals surface area contributed by atoms with Crippen LogP contribution in [0.15, 0.2) is 35.7 Å². The van der Waals surface area contributed by atoms with Crippen molar-refractivity contribution in [2.45, 2.75) is 19.3 Å². The van der Waals surface area contributed by atoms with E-state index in [1.54, 1.807) is 0 Å². The lowest BCUT2D eigenvalue weighted by Crippen LogP contribution is -2.22. The maximum Gasteiger partial charge on any atom is 0.0552 e. The van der Waals surface area contributed by atoms with Crippen LogP contribution in [0.5, 0.6) is 0 Å². The van der Waals surface area contributed by atoms with Gasteiger partial charge in [0.1, 0.15) is 0 Å². The van der Waals surface area contributed by atoms with Gasteiger partial charge >= 0.3 is 0 Å². The quantitative estimate of drug-likeness (QED) is 0.858. The van der Waals surface area contributed by atoms with E-state index in [-0.39, 0.29) is 12.4 Å². The van der Waals surface area contributed by atoms with Gasteiger partial charge in [0.25, 0.3) is 0 Å². The lowest BCUT2D eigenvalue weighted by molar-refractivity contribution is 0.723. The first-order valence-corrected chi connectivity index (χ1v) is 7.84. The molecule has 2 nitrogen and oxygen atoms in total. The van der Waals surface area contributed by atoms with Crippen LogP contribution in [0.2, 0.25) is 0 Å². The molecule has 1 aromatic heterocycles. The number of fused-ring (bicyclic) bond motifs is 2. The van der Waals surface area contributed by atoms with Crippen LogP contribution in [-0.4, -0.2) is 20.1 Å². The van der Waals surface area contributed by atoms with Crippen molar-refractivity contribution < 1.29 is 0 Å². The van der Waals surface area contributed by atoms with Crippen LogP contribution in [0.4, 0.5) is 11.4 Å². The van der Waals surface area contributed by atoms with Crippen molar-refractivity contribution >= 4 is 35.1 Å². The number of benzene rings is 1. The number of para-hydroxylation sites is 1. The number of hydrogen-bond acceptors (Lipinski definition) is 3. The van der Waals surface area contributed by atoms with Crippen LogP contribution in [0.3, 0.4) is 0 Å². The number of rotatable bonds is 4. The first kappa shape index (κ1) is 15.4. The summed E-state index contributed by atoms with van der Waals surface area (Å²) >= 11 is 1.89. The third-order valence-corrected chi connectivity index (χ3v) is 4.69. The molecule has 108 valence electrons. The predicted molar refractivity (Wildman–Crippen MR) is 91.0 cm³/mol. The van der Waals surface area contributed by atoms with Gasteiger partial charge < -0.3 is 10.2 Å². The van der Waals surface area contributed by atoms with Gasteiger partial charge in [-0.05, 0) is 55.9 Å². The molecule has 0 bridgehead atoms. The third kappa shape index (κ3) is 3.00. The maximum atomic E-state index is 3.24. The van der Waals surface area contributed by atoms with Crippen molar-refractivity contribution in [1.29, 1.82) is 0 Å². The van der Waals surface area contributed by atoms with E-state index in [1.165, 1.54) is 34.7 Å². The number of hydrogen-bond donors (Lipinski definition) is 1. The van der Waals surface area contributed by atoms with Gasteiger partial charge in [-0.25, -0.2) is 0 Å². The van der Waals surface area contributed by atoms with Crippen LogP contribution in [0, 0.1) is 0 Å². The maximum absolute atomic E-state index is 3.24. The molecule has 0 saturated heterocycles. The average molecular weight is 309 g/mol. The van der Waals surface area contributed by atoms with Gasteiger partial charge in [-0.1, -0.05) is 18.2 Å². The molecule has 1 N–H and O–H groups in total. The summed E-state index contributed by atoms with van der Waals surface area (Å²) in [6.07, 6.45) is 3.50. The fraction of sp³-hybridized carbons (Fsp3) is 0.375. The van der Waals surface area contributed by atoms with E-state index in [2.05, 4.69) is 45.9 Å². The zero-order valence-electron chi connectivity index (χ0n) is 11.8. The molecule has 2 heterocycles. The molecule has 1 aliphatic heterocycles. The Bertz CT molecular complexity index is 553. The van der Waals surface area contributed by atoms with Gasteiger partial charge in [-0.15, -0.1) is 23.7 Å². The number of anilines is 2. The highest BCUT2D eigenvalue weighted by molar-refractivity contribution is 7.10. The summed E-state index contributed by atoms with van der Waals surface area (Å²) in [5.41, 5.74) is 4.30. The lowest BCUT2D eigenvalue weighted by Gasteiger charge is -2.25. The fourth-order valence-corrected chi connectivity index (χ4v) is 3.66. The topological polar surface area (TPSA) is 15.3 Å². The minimum absolute atomic E-state index is 0. The van der Waals surface area contributed by atoms with Crippen molar-refractivity contribution in [2.24, 2.45) is 0 Å². The van der Waals surface area contributed by atoms with Crippen molar-refractivity contribution in [1.82, 2.24) is 5.32 Å². The SMILES string of the molecule is CNCCCN1c2ccccc2CCc2sccc21.Cl. The zero-order chi connectivity index (χ0) is 13.1. The zero-order valence-corrected chi connectivity index (χ0v) is 13.4. The number of halogens is 1. The normalized spacial score (nSPS) is 13.2. The number of aryl methyl sites for hydroxylation is 2. The fourth-order valence-electron chi connectivity index (χ4n) is 2.78.